The summed E-state index contributed by atoms with van der Waals surface area (Å²) in [4.78, 5) is 0. The van der Waals surface area contributed by atoms with Crippen LogP contribution < -0.4 is 0 Å². The summed E-state index contributed by atoms with van der Waals surface area (Å²) in [6.07, 6.45) is 7.92. The number of nitrogens with zero attached hydrogens (tertiary/aromatic N) is 4. The average molecular weight is 625 g/mol. The molecule has 0 aromatic heterocycles. The molecule has 0 fully saturated rings. The lowest BCUT2D eigenvalue weighted by atomic mass is 10.1. The fourth-order valence-electron chi connectivity index (χ4n) is 6.93. The number of likely N-dealkylation sites (N-methyl/N-ethyl adjacent to an activating group) is 2. The van der Waals surface area contributed by atoms with Gasteiger partial charge in [0.25, 0.3) is 0 Å². The summed E-state index contributed by atoms with van der Waals surface area (Å²) in [7, 11) is 4.56. The second-order valence-electron chi connectivity index (χ2n) is 13.9. The summed E-state index contributed by atoms with van der Waals surface area (Å²) in [5.74, 6) is 0. The number of aliphatic hydroxyl groups excluding tert-OH is 6. The van der Waals surface area contributed by atoms with Gasteiger partial charge in [-0.3, -0.25) is 0 Å². The van der Waals surface area contributed by atoms with Gasteiger partial charge in [-0.2, -0.15) is 0 Å². The molecule has 0 aromatic rings. The van der Waals surface area contributed by atoms with Crippen LogP contribution in [0.2, 0.25) is 0 Å². The van der Waals surface area contributed by atoms with E-state index in [1.807, 2.05) is 0 Å². The number of aliphatic hydroxyl groups is 6. The highest BCUT2D eigenvalue weighted by Crippen LogP contribution is 2.20. The van der Waals surface area contributed by atoms with Gasteiger partial charge >= 0.3 is 0 Å². The Hall–Kier alpha value is -0.400. The van der Waals surface area contributed by atoms with E-state index in [0.717, 1.165) is 167 Å². The standard InChI is InChI=1S/C33H76N4O6/c1-5-7-19-37(24-22-34(3,15-8-28-38)16-9-29-39,25-23-35(4,17-10-30-40)18-11-31-41)27-26-36(14-6-2,20-12-32-42)21-13-33-43/h38-43H,5-33H2,1-4H3/q+4. The summed E-state index contributed by atoms with van der Waals surface area (Å²) in [5.41, 5.74) is 0. The van der Waals surface area contributed by atoms with Crippen molar-refractivity contribution in [3.05, 3.63) is 0 Å². The summed E-state index contributed by atoms with van der Waals surface area (Å²) < 4.78 is 3.64. The molecule has 0 aromatic carbocycles. The molecule has 0 unspecified atom stereocenters. The van der Waals surface area contributed by atoms with Gasteiger partial charge in [0, 0.05) is 78.2 Å². The molecule has 0 atom stereocenters. The predicted molar refractivity (Wildman–Crippen MR) is 176 cm³/mol. The summed E-state index contributed by atoms with van der Waals surface area (Å²) >= 11 is 0. The molecule has 0 aliphatic carbocycles. The number of rotatable bonds is 32. The quantitative estimate of drug-likeness (QED) is 0.0622. The average Bonchev–Trinajstić information content (AvgIpc) is 3.02. The monoisotopic (exact) mass is 625 g/mol. The molecule has 6 N–H and O–H groups in total. The zero-order chi connectivity index (χ0) is 32.5. The third-order valence-corrected chi connectivity index (χ3v) is 9.97. The lowest BCUT2D eigenvalue weighted by Gasteiger charge is -2.47. The van der Waals surface area contributed by atoms with Gasteiger partial charge in [0.2, 0.25) is 0 Å². The SMILES string of the molecule is CCCC[N+](CC[N+](C)(CCCO)CCCO)(CC[N+](C)(CCCO)CCCO)CC[N+](CCC)(CCCO)CCCO. The first kappa shape index (κ1) is 42.6. The molecule has 0 amide bonds. The van der Waals surface area contributed by atoms with E-state index in [4.69, 9.17) is 0 Å². The van der Waals surface area contributed by atoms with Crippen molar-refractivity contribution in [3.63, 3.8) is 0 Å². The zero-order valence-electron chi connectivity index (χ0n) is 29.0. The van der Waals surface area contributed by atoms with E-state index < -0.39 is 0 Å². The van der Waals surface area contributed by atoms with E-state index in [1.54, 1.807) is 0 Å². The smallest absolute Gasteiger partial charge is 0.129 e. The molecular formula is C33H76N4O6+4. The Morgan fingerprint density at radius 1 is 0.302 bits per heavy atom. The van der Waals surface area contributed by atoms with Gasteiger partial charge in [0.15, 0.2) is 0 Å². The molecular weight excluding hydrogens is 548 g/mol. The van der Waals surface area contributed by atoms with Crippen LogP contribution in [0.1, 0.15) is 71.6 Å². The van der Waals surface area contributed by atoms with Crippen LogP contribution in [0.25, 0.3) is 0 Å². The Morgan fingerprint density at radius 3 is 0.884 bits per heavy atom. The van der Waals surface area contributed by atoms with Crippen molar-refractivity contribution in [2.75, 3.05) is 145 Å². The Bertz CT molecular complexity index is 589. The molecule has 10 heteroatoms. The third-order valence-electron chi connectivity index (χ3n) is 9.97. The van der Waals surface area contributed by atoms with Crippen molar-refractivity contribution >= 4 is 0 Å². The minimum absolute atomic E-state index is 0.182. The van der Waals surface area contributed by atoms with Crippen molar-refractivity contribution in [2.45, 2.75) is 71.6 Å². The van der Waals surface area contributed by atoms with Crippen LogP contribution >= 0.6 is 0 Å². The maximum atomic E-state index is 9.76. The molecule has 260 valence electrons. The van der Waals surface area contributed by atoms with Gasteiger partial charge in [-0.15, -0.1) is 0 Å². The Balaban J connectivity index is 6.50. The molecule has 0 saturated carbocycles. The largest absolute Gasteiger partial charge is 0.396 e. The van der Waals surface area contributed by atoms with Crippen molar-refractivity contribution in [3.8, 4) is 0 Å². The fourth-order valence-corrected chi connectivity index (χ4v) is 6.93. The Labute approximate surface area is 265 Å². The van der Waals surface area contributed by atoms with Crippen molar-refractivity contribution < 1.29 is 48.6 Å². The van der Waals surface area contributed by atoms with Crippen molar-refractivity contribution in [1.29, 1.82) is 0 Å². The zero-order valence-corrected chi connectivity index (χ0v) is 29.0. The molecule has 10 nitrogen and oxygen atoms in total. The number of hydrogen-bond donors (Lipinski definition) is 6. The molecule has 0 heterocycles. The topological polar surface area (TPSA) is 121 Å². The van der Waals surface area contributed by atoms with E-state index in [1.165, 1.54) is 0 Å². The maximum Gasteiger partial charge on any atom is 0.129 e. The lowest BCUT2D eigenvalue weighted by molar-refractivity contribution is -1.01. The normalized spacial score (nSPS) is 13.3. The van der Waals surface area contributed by atoms with E-state index in [9.17, 15) is 30.6 Å². The van der Waals surface area contributed by atoms with E-state index >= 15 is 0 Å². The van der Waals surface area contributed by atoms with Gasteiger partial charge in [-0.1, -0.05) is 20.3 Å². The maximum absolute atomic E-state index is 9.76. The molecule has 0 saturated heterocycles. The van der Waals surface area contributed by atoms with E-state index in [-0.39, 0.29) is 39.6 Å². The van der Waals surface area contributed by atoms with Crippen LogP contribution in [0.15, 0.2) is 0 Å². The highest BCUT2D eigenvalue weighted by atomic mass is 16.3. The van der Waals surface area contributed by atoms with Crippen LogP contribution in [0.3, 0.4) is 0 Å². The van der Waals surface area contributed by atoms with E-state index in [2.05, 4.69) is 27.9 Å². The Morgan fingerprint density at radius 2 is 0.581 bits per heavy atom. The number of unbranched alkanes of at least 4 members (excludes halogenated alkanes) is 1. The predicted octanol–water partition coefficient (Wildman–Crippen LogP) is 1.02. The van der Waals surface area contributed by atoms with Gasteiger partial charge in [0.05, 0.1) is 66.5 Å². The van der Waals surface area contributed by atoms with Crippen molar-refractivity contribution in [2.24, 2.45) is 0 Å². The highest BCUT2D eigenvalue weighted by Gasteiger charge is 2.38. The van der Waals surface area contributed by atoms with Gasteiger partial charge in [-0.05, 0) is 12.8 Å². The molecule has 43 heavy (non-hydrogen) atoms. The van der Waals surface area contributed by atoms with Crippen LogP contribution in [-0.2, 0) is 0 Å². The molecule has 0 rings (SSSR count). The summed E-state index contributed by atoms with van der Waals surface area (Å²) in [5, 5.41) is 58.1. The van der Waals surface area contributed by atoms with Gasteiger partial charge in [0.1, 0.15) is 39.3 Å². The molecule has 0 aliphatic rings. The first-order valence-electron chi connectivity index (χ1n) is 17.6. The van der Waals surface area contributed by atoms with E-state index in [0.29, 0.717) is 0 Å². The second-order valence-corrected chi connectivity index (χ2v) is 13.9. The molecule has 0 aliphatic heterocycles. The minimum Gasteiger partial charge on any atom is -0.396 e. The van der Waals surface area contributed by atoms with Gasteiger partial charge in [-0.25, -0.2) is 0 Å². The van der Waals surface area contributed by atoms with Crippen LogP contribution in [0, 0.1) is 0 Å². The minimum atomic E-state index is 0.182. The molecule has 0 spiro atoms. The first-order valence-corrected chi connectivity index (χ1v) is 17.6. The van der Waals surface area contributed by atoms with Gasteiger partial charge < -0.3 is 48.6 Å². The van der Waals surface area contributed by atoms with Crippen molar-refractivity contribution in [1.82, 2.24) is 0 Å². The summed E-state index contributed by atoms with van der Waals surface area (Å²) in [6.45, 7) is 19.3. The van der Waals surface area contributed by atoms with Crippen LogP contribution in [0.4, 0.5) is 0 Å². The highest BCUT2D eigenvalue weighted by molar-refractivity contribution is 4.55. The molecule has 0 radical (unpaired) electrons. The first-order chi connectivity index (χ1) is 20.6. The molecule has 0 bridgehead atoms. The summed E-state index contributed by atoms with van der Waals surface area (Å²) in [6, 6.07) is 0. The van der Waals surface area contributed by atoms with Crippen LogP contribution in [0.5, 0.6) is 0 Å². The third kappa shape index (κ3) is 18.4. The van der Waals surface area contributed by atoms with Crippen LogP contribution in [-0.4, -0.2) is 194 Å². The number of quaternary nitrogens is 4. The number of hydrogen-bond acceptors (Lipinski definition) is 6. The lowest BCUT2D eigenvalue weighted by Crippen LogP contribution is -2.64. The Kier molecular flexibility index (Phi) is 24.6. The fraction of sp³-hybridized carbons (Fsp3) is 1.00. The second kappa shape index (κ2) is 24.8.